The summed E-state index contributed by atoms with van der Waals surface area (Å²) >= 11 is 0. The summed E-state index contributed by atoms with van der Waals surface area (Å²) in [6.07, 6.45) is 3.01. The maximum atomic E-state index is 5.12. The molecule has 0 atom stereocenters. The number of hydrogen-bond donors (Lipinski definition) is 1. The first-order valence-corrected chi connectivity index (χ1v) is 7.24. The van der Waals surface area contributed by atoms with E-state index in [0.717, 1.165) is 31.8 Å². The maximum absolute atomic E-state index is 5.12. The van der Waals surface area contributed by atoms with E-state index in [-0.39, 0.29) is 5.54 Å². The van der Waals surface area contributed by atoms with Gasteiger partial charge in [-0.15, -0.1) is 0 Å². The second-order valence-corrected chi connectivity index (χ2v) is 6.33. The lowest BCUT2D eigenvalue weighted by Gasteiger charge is -2.25. The van der Waals surface area contributed by atoms with Crippen LogP contribution in [-0.2, 0) is 11.3 Å². The zero-order valence-corrected chi connectivity index (χ0v) is 13.8. The average Bonchev–Trinajstić information content (AvgIpc) is 2.36. The molecule has 0 saturated heterocycles. The summed E-state index contributed by atoms with van der Waals surface area (Å²) < 4.78 is 5.12. The van der Waals surface area contributed by atoms with Crippen LogP contribution in [0, 0.1) is 6.92 Å². The molecule has 0 amide bonds. The molecule has 4 nitrogen and oxygen atoms in total. The number of nitrogens with one attached hydrogen (secondary N) is 1. The van der Waals surface area contributed by atoms with Crippen molar-refractivity contribution in [2.45, 2.75) is 46.2 Å². The standard InChI is InChI=1S/C16H29N3O/c1-13-10-15(19(5)8-7-9-20-6)14(11-17-13)12-18-16(2,3)4/h10-11,18H,7-9,12H2,1-6H3. The Morgan fingerprint density at radius 1 is 1.35 bits per heavy atom. The number of aromatic nitrogens is 1. The Hall–Kier alpha value is -1.13. The van der Waals surface area contributed by atoms with Crippen LogP contribution in [0.1, 0.15) is 38.4 Å². The maximum Gasteiger partial charge on any atom is 0.0479 e. The molecule has 1 heterocycles. The third-order valence-electron chi connectivity index (χ3n) is 3.16. The highest BCUT2D eigenvalue weighted by atomic mass is 16.5. The zero-order valence-electron chi connectivity index (χ0n) is 13.8. The molecule has 0 aromatic carbocycles. The normalized spacial score (nSPS) is 11.7. The lowest BCUT2D eigenvalue weighted by Crippen LogP contribution is -2.35. The fourth-order valence-corrected chi connectivity index (χ4v) is 1.99. The number of methoxy groups -OCH3 is 1. The van der Waals surface area contributed by atoms with E-state index in [1.165, 1.54) is 11.3 Å². The molecule has 1 N–H and O–H groups in total. The summed E-state index contributed by atoms with van der Waals surface area (Å²) in [7, 11) is 3.88. The minimum Gasteiger partial charge on any atom is -0.385 e. The molecule has 0 unspecified atom stereocenters. The van der Waals surface area contributed by atoms with E-state index < -0.39 is 0 Å². The smallest absolute Gasteiger partial charge is 0.0479 e. The van der Waals surface area contributed by atoms with Crippen molar-refractivity contribution in [3.63, 3.8) is 0 Å². The molecular formula is C16H29N3O. The molecule has 0 bridgehead atoms. The molecule has 0 aliphatic heterocycles. The molecule has 0 saturated carbocycles. The van der Waals surface area contributed by atoms with Gasteiger partial charge < -0.3 is 15.0 Å². The van der Waals surface area contributed by atoms with Gasteiger partial charge in [0.25, 0.3) is 0 Å². The Balaban J connectivity index is 2.78. The van der Waals surface area contributed by atoms with Crippen molar-refractivity contribution in [2.75, 3.05) is 32.2 Å². The molecule has 0 spiro atoms. The summed E-state index contributed by atoms with van der Waals surface area (Å²) in [5.41, 5.74) is 3.66. The van der Waals surface area contributed by atoms with Crippen molar-refractivity contribution in [1.82, 2.24) is 10.3 Å². The van der Waals surface area contributed by atoms with E-state index in [9.17, 15) is 0 Å². The van der Waals surface area contributed by atoms with Crippen LogP contribution in [0.15, 0.2) is 12.3 Å². The van der Waals surface area contributed by atoms with Crippen molar-refractivity contribution in [1.29, 1.82) is 0 Å². The van der Waals surface area contributed by atoms with Gasteiger partial charge in [-0.3, -0.25) is 4.98 Å². The first-order valence-electron chi connectivity index (χ1n) is 7.24. The number of nitrogens with zero attached hydrogens (tertiary/aromatic N) is 2. The van der Waals surface area contributed by atoms with Gasteiger partial charge in [-0.25, -0.2) is 0 Å². The van der Waals surface area contributed by atoms with E-state index in [1.807, 2.05) is 13.1 Å². The van der Waals surface area contributed by atoms with Crippen LogP contribution in [0.3, 0.4) is 0 Å². The SMILES string of the molecule is COCCCN(C)c1cc(C)ncc1CNC(C)(C)C. The second-order valence-electron chi connectivity index (χ2n) is 6.33. The van der Waals surface area contributed by atoms with Gasteiger partial charge in [0.05, 0.1) is 0 Å². The van der Waals surface area contributed by atoms with Gasteiger partial charge in [-0.1, -0.05) is 0 Å². The average molecular weight is 279 g/mol. The molecular weight excluding hydrogens is 250 g/mol. The lowest BCUT2D eigenvalue weighted by molar-refractivity contribution is 0.196. The third-order valence-corrected chi connectivity index (χ3v) is 3.16. The topological polar surface area (TPSA) is 37.4 Å². The number of anilines is 1. The predicted molar refractivity (Wildman–Crippen MR) is 85.3 cm³/mol. The number of pyridine rings is 1. The van der Waals surface area contributed by atoms with Crippen LogP contribution in [0.25, 0.3) is 0 Å². The molecule has 0 aliphatic carbocycles. The highest BCUT2D eigenvalue weighted by molar-refractivity contribution is 5.53. The number of hydrogen-bond acceptors (Lipinski definition) is 4. The van der Waals surface area contributed by atoms with Gasteiger partial charge in [-0.05, 0) is 40.2 Å². The molecule has 114 valence electrons. The highest BCUT2D eigenvalue weighted by Crippen LogP contribution is 2.20. The van der Waals surface area contributed by atoms with Gasteiger partial charge >= 0.3 is 0 Å². The van der Waals surface area contributed by atoms with Gasteiger partial charge in [-0.2, -0.15) is 0 Å². The molecule has 0 aliphatic rings. The molecule has 20 heavy (non-hydrogen) atoms. The monoisotopic (exact) mass is 279 g/mol. The van der Waals surface area contributed by atoms with Crippen LogP contribution in [-0.4, -0.2) is 37.8 Å². The largest absolute Gasteiger partial charge is 0.385 e. The molecule has 4 heteroatoms. The van der Waals surface area contributed by atoms with E-state index in [0.29, 0.717) is 0 Å². The van der Waals surface area contributed by atoms with Crippen LogP contribution < -0.4 is 10.2 Å². The van der Waals surface area contributed by atoms with Gasteiger partial charge in [0.1, 0.15) is 0 Å². The van der Waals surface area contributed by atoms with Crippen molar-refractivity contribution in [2.24, 2.45) is 0 Å². The Bertz CT molecular complexity index is 413. The Morgan fingerprint density at radius 3 is 2.65 bits per heavy atom. The third kappa shape index (κ3) is 5.88. The first-order chi connectivity index (χ1) is 9.33. The molecule has 1 rings (SSSR count). The zero-order chi connectivity index (χ0) is 15.2. The summed E-state index contributed by atoms with van der Waals surface area (Å²) in [4.78, 5) is 6.71. The summed E-state index contributed by atoms with van der Waals surface area (Å²) in [6, 6.07) is 2.16. The van der Waals surface area contributed by atoms with E-state index in [1.54, 1.807) is 7.11 Å². The van der Waals surface area contributed by atoms with Crippen molar-refractivity contribution >= 4 is 5.69 Å². The molecule has 1 aromatic rings. The summed E-state index contributed by atoms with van der Waals surface area (Å²) in [5, 5.41) is 3.53. The van der Waals surface area contributed by atoms with Crippen LogP contribution >= 0.6 is 0 Å². The minimum atomic E-state index is 0.108. The first kappa shape index (κ1) is 16.9. The fraction of sp³-hybridized carbons (Fsp3) is 0.688. The highest BCUT2D eigenvalue weighted by Gasteiger charge is 2.13. The quantitative estimate of drug-likeness (QED) is 0.779. The Labute approximate surface area is 123 Å². The fourth-order valence-electron chi connectivity index (χ4n) is 1.99. The van der Waals surface area contributed by atoms with Gasteiger partial charge in [0.2, 0.25) is 0 Å². The lowest BCUT2D eigenvalue weighted by atomic mass is 10.1. The Kier molecular flexibility index (Phi) is 6.43. The number of rotatable bonds is 7. The van der Waals surface area contributed by atoms with Crippen molar-refractivity contribution in [3.8, 4) is 0 Å². The van der Waals surface area contributed by atoms with Crippen LogP contribution in [0.5, 0.6) is 0 Å². The van der Waals surface area contributed by atoms with Crippen molar-refractivity contribution in [3.05, 3.63) is 23.5 Å². The minimum absolute atomic E-state index is 0.108. The summed E-state index contributed by atoms with van der Waals surface area (Å²) in [6.45, 7) is 11.2. The van der Waals surface area contributed by atoms with E-state index in [4.69, 9.17) is 4.74 Å². The Morgan fingerprint density at radius 2 is 2.05 bits per heavy atom. The number of ether oxygens (including phenoxy) is 1. The van der Waals surface area contributed by atoms with E-state index >= 15 is 0 Å². The predicted octanol–water partition coefficient (Wildman–Crippen LogP) is 2.75. The second kappa shape index (κ2) is 7.60. The van der Waals surface area contributed by atoms with Crippen LogP contribution in [0.2, 0.25) is 0 Å². The number of aryl methyl sites for hydroxylation is 1. The molecule has 0 radical (unpaired) electrons. The van der Waals surface area contributed by atoms with E-state index in [2.05, 4.69) is 49.1 Å². The van der Waals surface area contributed by atoms with Crippen LogP contribution in [0.4, 0.5) is 5.69 Å². The van der Waals surface area contributed by atoms with Crippen molar-refractivity contribution < 1.29 is 4.74 Å². The van der Waals surface area contributed by atoms with Gasteiger partial charge in [0, 0.05) is 62.5 Å². The molecule has 0 fully saturated rings. The summed E-state index contributed by atoms with van der Waals surface area (Å²) in [5.74, 6) is 0. The molecule has 1 aromatic heterocycles. The van der Waals surface area contributed by atoms with Gasteiger partial charge in [0.15, 0.2) is 0 Å².